The molecule has 3 unspecified atom stereocenters. The predicted molar refractivity (Wildman–Crippen MR) is 65.2 cm³/mol. The van der Waals surface area contributed by atoms with Crippen molar-refractivity contribution in [2.45, 2.75) is 38.9 Å². The van der Waals surface area contributed by atoms with E-state index in [1.807, 2.05) is 6.92 Å². The summed E-state index contributed by atoms with van der Waals surface area (Å²) in [5.41, 5.74) is 5.00. The number of aliphatic hydroxyl groups is 1. The molecule has 1 aliphatic heterocycles. The molecule has 0 aromatic carbocycles. The van der Waals surface area contributed by atoms with E-state index in [0.29, 0.717) is 31.5 Å². The van der Waals surface area contributed by atoms with Crippen LogP contribution in [0.2, 0.25) is 0 Å². The Balaban J connectivity index is 2.29. The standard InChI is InChI=1S/C12H26N2O2/c1-9(2)11(6-13)7-14-8-12(15)4-5-16-10(12)3/h9-11,14-15H,4-8,13H2,1-3H3. The summed E-state index contributed by atoms with van der Waals surface area (Å²) in [5, 5.41) is 13.6. The normalized spacial score (nSPS) is 32.2. The molecule has 4 heteroatoms. The third kappa shape index (κ3) is 3.42. The van der Waals surface area contributed by atoms with Gasteiger partial charge in [0, 0.05) is 19.6 Å². The van der Waals surface area contributed by atoms with Crippen LogP contribution in [0, 0.1) is 11.8 Å². The molecule has 16 heavy (non-hydrogen) atoms. The van der Waals surface area contributed by atoms with Gasteiger partial charge in [0.2, 0.25) is 0 Å². The summed E-state index contributed by atoms with van der Waals surface area (Å²) in [6.45, 7) is 9.08. The lowest BCUT2D eigenvalue weighted by atomic mass is 9.94. The van der Waals surface area contributed by atoms with Crippen molar-refractivity contribution in [2.75, 3.05) is 26.2 Å². The Hall–Kier alpha value is -0.160. The fourth-order valence-corrected chi connectivity index (χ4v) is 2.07. The van der Waals surface area contributed by atoms with Gasteiger partial charge >= 0.3 is 0 Å². The second-order valence-electron chi connectivity index (χ2n) is 5.24. The molecule has 0 aliphatic carbocycles. The molecule has 0 bridgehead atoms. The zero-order chi connectivity index (χ0) is 12.2. The van der Waals surface area contributed by atoms with E-state index in [0.717, 1.165) is 13.0 Å². The van der Waals surface area contributed by atoms with Crippen molar-refractivity contribution in [1.29, 1.82) is 0 Å². The Kier molecular flexibility index (Phi) is 5.18. The molecule has 96 valence electrons. The second-order valence-corrected chi connectivity index (χ2v) is 5.24. The van der Waals surface area contributed by atoms with Gasteiger partial charge in [0.25, 0.3) is 0 Å². The van der Waals surface area contributed by atoms with Gasteiger partial charge in [-0.2, -0.15) is 0 Å². The van der Waals surface area contributed by atoms with Crippen molar-refractivity contribution in [3.8, 4) is 0 Å². The van der Waals surface area contributed by atoms with Crippen LogP contribution in [0.1, 0.15) is 27.2 Å². The van der Waals surface area contributed by atoms with Crippen LogP contribution in [-0.2, 0) is 4.74 Å². The minimum atomic E-state index is -0.698. The molecule has 1 aliphatic rings. The van der Waals surface area contributed by atoms with E-state index < -0.39 is 5.60 Å². The van der Waals surface area contributed by atoms with Gasteiger partial charge in [0.1, 0.15) is 5.60 Å². The Morgan fingerprint density at radius 1 is 1.56 bits per heavy atom. The monoisotopic (exact) mass is 230 g/mol. The highest BCUT2D eigenvalue weighted by molar-refractivity contribution is 4.91. The van der Waals surface area contributed by atoms with Gasteiger partial charge in [0.15, 0.2) is 0 Å². The van der Waals surface area contributed by atoms with E-state index in [-0.39, 0.29) is 6.10 Å². The minimum Gasteiger partial charge on any atom is -0.386 e. The number of nitrogens with two attached hydrogens (primary N) is 1. The number of rotatable bonds is 6. The van der Waals surface area contributed by atoms with Crippen LogP contribution in [-0.4, -0.2) is 43.1 Å². The molecule has 4 N–H and O–H groups in total. The van der Waals surface area contributed by atoms with Crippen LogP contribution in [0.3, 0.4) is 0 Å². The van der Waals surface area contributed by atoms with Crippen LogP contribution in [0.4, 0.5) is 0 Å². The Labute approximate surface area is 98.5 Å². The van der Waals surface area contributed by atoms with Crippen LogP contribution in [0.5, 0.6) is 0 Å². The third-order valence-electron chi connectivity index (χ3n) is 3.74. The fraction of sp³-hybridized carbons (Fsp3) is 1.00. The number of hydrogen-bond donors (Lipinski definition) is 3. The Bertz CT molecular complexity index is 211. The predicted octanol–water partition coefficient (Wildman–Crippen LogP) is 0.347. The SMILES string of the molecule is CC(C)C(CN)CNCC1(O)CCOC1C. The number of ether oxygens (including phenoxy) is 1. The smallest absolute Gasteiger partial charge is 0.105 e. The first-order valence-corrected chi connectivity index (χ1v) is 6.24. The molecule has 1 saturated heterocycles. The van der Waals surface area contributed by atoms with Gasteiger partial charge in [-0.1, -0.05) is 13.8 Å². The first-order valence-electron chi connectivity index (χ1n) is 6.24. The molecular weight excluding hydrogens is 204 g/mol. The molecule has 0 amide bonds. The molecular formula is C12H26N2O2. The van der Waals surface area contributed by atoms with E-state index in [2.05, 4.69) is 19.2 Å². The summed E-state index contributed by atoms with van der Waals surface area (Å²) in [4.78, 5) is 0. The number of nitrogens with one attached hydrogen (secondary N) is 1. The molecule has 4 nitrogen and oxygen atoms in total. The lowest BCUT2D eigenvalue weighted by molar-refractivity contribution is -0.0266. The van der Waals surface area contributed by atoms with Gasteiger partial charge in [0.05, 0.1) is 6.10 Å². The molecule has 1 fully saturated rings. The average molecular weight is 230 g/mol. The summed E-state index contributed by atoms with van der Waals surface area (Å²) >= 11 is 0. The molecule has 1 rings (SSSR count). The zero-order valence-corrected chi connectivity index (χ0v) is 10.7. The topological polar surface area (TPSA) is 67.5 Å². The Morgan fingerprint density at radius 2 is 2.25 bits per heavy atom. The molecule has 0 aromatic rings. The molecule has 0 saturated carbocycles. The summed E-state index contributed by atoms with van der Waals surface area (Å²) in [6, 6.07) is 0. The molecule has 3 atom stereocenters. The zero-order valence-electron chi connectivity index (χ0n) is 10.7. The average Bonchev–Trinajstić information content (AvgIpc) is 2.54. The summed E-state index contributed by atoms with van der Waals surface area (Å²) in [6.07, 6.45) is 0.645. The van der Waals surface area contributed by atoms with E-state index >= 15 is 0 Å². The van der Waals surface area contributed by atoms with Crippen molar-refractivity contribution in [2.24, 2.45) is 17.6 Å². The third-order valence-corrected chi connectivity index (χ3v) is 3.74. The Morgan fingerprint density at radius 3 is 2.69 bits per heavy atom. The second kappa shape index (κ2) is 5.96. The summed E-state index contributed by atoms with van der Waals surface area (Å²) in [7, 11) is 0. The van der Waals surface area contributed by atoms with Crippen molar-refractivity contribution in [1.82, 2.24) is 5.32 Å². The van der Waals surface area contributed by atoms with Crippen LogP contribution in [0.25, 0.3) is 0 Å². The molecule has 0 radical (unpaired) electrons. The van der Waals surface area contributed by atoms with Gasteiger partial charge in [-0.05, 0) is 31.8 Å². The van der Waals surface area contributed by atoms with Crippen LogP contribution in [0.15, 0.2) is 0 Å². The first-order chi connectivity index (χ1) is 7.49. The highest BCUT2D eigenvalue weighted by Crippen LogP contribution is 2.24. The van der Waals surface area contributed by atoms with E-state index in [1.165, 1.54) is 0 Å². The maximum absolute atomic E-state index is 10.3. The highest BCUT2D eigenvalue weighted by Gasteiger charge is 2.39. The molecule has 1 heterocycles. The van der Waals surface area contributed by atoms with Gasteiger partial charge in [-0.25, -0.2) is 0 Å². The van der Waals surface area contributed by atoms with Crippen molar-refractivity contribution < 1.29 is 9.84 Å². The van der Waals surface area contributed by atoms with Gasteiger partial charge in [-0.15, -0.1) is 0 Å². The van der Waals surface area contributed by atoms with Gasteiger partial charge < -0.3 is 20.9 Å². The largest absolute Gasteiger partial charge is 0.386 e. The van der Waals surface area contributed by atoms with Gasteiger partial charge in [-0.3, -0.25) is 0 Å². The number of hydrogen-bond acceptors (Lipinski definition) is 4. The first kappa shape index (κ1) is 13.9. The summed E-state index contributed by atoms with van der Waals surface area (Å²) < 4.78 is 5.39. The van der Waals surface area contributed by atoms with Crippen molar-refractivity contribution >= 4 is 0 Å². The quantitative estimate of drug-likeness (QED) is 0.616. The van der Waals surface area contributed by atoms with E-state index in [4.69, 9.17) is 10.5 Å². The molecule has 0 spiro atoms. The highest BCUT2D eigenvalue weighted by atomic mass is 16.5. The molecule has 0 aromatic heterocycles. The maximum atomic E-state index is 10.3. The van der Waals surface area contributed by atoms with Crippen LogP contribution >= 0.6 is 0 Å². The van der Waals surface area contributed by atoms with Crippen LogP contribution < -0.4 is 11.1 Å². The fourth-order valence-electron chi connectivity index (χ4n) is 2.07. The minimum absolute atomic E-state index is 0.0737. The van der Waals surface area contributed by atoms with E-state index in [9.17, 15) is 5.11 Å². The van der Waals surface area contributed by atoms with Crippen molar-refractivity contribution in [3.05, 3.63) is 0 Å². The van der Waals surface area contributed by atoms with E-state index in [1.54, 1.807) is 0 Å². The maximum Gasteiger partial charge on any atom is 0.105 e. The summed E-state index contributed by atoms with van der Waals surface area (Å²) in [5.74, 6) is 1.05. The lowest BCUT2D eigenvalue weighted by Crippen LogP contribution is -2.47. The van der Waals surface area contributed by atoms with Crippen molar-refractivity contribution in [3.63, 3.8) is 0 Å². The lowest BCUT2D eigenvalue weighted by Gasteiger charge is -2.28.